The molecule has 0 aromatic heterocycles. The zero-order valence-corrected chi connectivity index (χ0v) is 13.0. The Balaban J connectivity index is 2.46. The number of carbonyl (C=O) groups is 2. The molecular weight excluding hydrogens is 284 g/mol. The molecule has 6 nitrogen and oxygen atoms in total. The van der Waals surface area contributed by atoms with Gasteiger partial charge in [0, 0.05) is 20.0 Å². The number of ether oxygens (including phenoxy) is 2. The van der Waals surface area contributed by atoms with Crippen molar-refractivity contribution in [1.82, 2.24) is 4.90 Å². The Bertz CT molecular complexity index is 548. The van der Waals surface area contributed by atoms with Crippen molar-refractivity contribution >= 4 is 11.9 Å². The summed E-state index contributed by atoms with van der Waals surface area (Å²) in [6, 6.07) is 8.58. The molecule has 0 saturated heterocycles. The highest BCUT2D eigenvalue weighted by Gasteiger charge is 2.19. The number of hydrogen-bond acceptors (Lipinski definition) is 5. The van der Waals surface area contributed by atoms with Crippen LogP contribution in [0.15, 0.2) is 24.3 Å². The van der Waals surface area contributed by atoms with Gasteiger partial charge in [0.1, 0.15) is 5.75 Å². The smallest absolute Gasteiger partial charge is 0.305 e. The van der Waals surface area contributed by atoms with E-state index < -0.39 is 6.10 Å². The van der Waals surface area contributed by atoms with Crippen LogP contribution in [0.2, 0.25) is 0 Å². The molecule has 0 aliphatic heterocycles. The molecule has 118 valence electrons. The Morgan fingerprint density at radius 2 is 1.95 bits per heavy atom. The third-order valence-electron chi connectivity index (χ3n) is 3.12. The standard InChI is InChI=1S/C16H20N2O4/c1-12(22-14-8-6-13(11-17)7-9-14)16(20)18(2)10-4-5-15(19)21-3/h6-9,12H,4-5,10H2,1-3H3. The summed E-state index contributed by atoms with van der Waals surface area (Å²) in [4.78, 5) is 24.7. The van der Waals surface area contributed by atoms with Gasteiger partial charge in [0.2, 0.25) is 0 Å². The molecule has 0 fully saturated rings. The van der Waals surface area contributed by atoms with Gasteiger partial charge in [-0.2, -0.15) is 5.26 Å². The van der Waals surface area contributed by atoms with Crippen LogP contribution >= 0.6 is 0 Å². The summed E-state index contributed by atoms with van der Waals surface area (Å²) in [7, 11) is 3.00. The van der Waals surface area contributed by atoms with Crippen molar-refractivity contribution in [3.63, 3.8) is 0 Å². The monoisotopic (exact) mass is 304 g/mol. The van der Waals surface area contributed by atoms with Gasteiger partial charge in [-0.1, -0.05) is 0 Å². The van der Waals surface area contributed by atoms with Gasteiger partial charge in [0.15, 0.2) is 6.10 Å². The zero-order chi connectivity index (χ0) is 16.5. The Kier molecular flexibility index (Phi) is 6.90. The Labute approximate surface area is 130 Å². The van der Waals surface area contributed by atoms with Crippen molar-refractivity contribution in [2.24, 2.45) is 0 Å². The van der Waals surface area contributed by atoms with Gasteiger partial charge < -0.3 is 14.4 Å². The number of rotatable bonds is 7. The second-order valence-corrected chi connectivity index (χ2v) is 4.84. The summed E-state index contributed by atoms with van der Waals surface area (Å²) in [5.74, 6) is 0.0692. The lowest BCUT2D eigenvalue weighted by molar-refractivity contribution is -0.142. The molecule has 6 heteroatoms. The summed E-state index contributed by atoms with van der Waals surface area (Å²) in [5, 5.41) is 8.73. The van der Waals surface area contributed by atoms with E-state index in [2.05, 4.69) is 4.74 Å². The molecule has 0 heterocycles. The molecule has 1 aromatic rings. The first-order valence-corrected chi connectivity index (χ1v) is 6.96. The Hall–Kier alpha value is -2.55. The number of nitrogens with zero attached hydrogens (tertiary/aromatic N) is 2. The van der Waals surface area contributed by atoms with Crippen LogP contribution in [0, 0.1) is 11.3 Å². The number of methoxy groups -OCH3 is 1. The highest BCUT2D eigenvalue weighted by molar-refractivity contribution is 5.80. The van der Waals surface area contributed by atoms with Crippen LogP contribution in [0.25, 0.3) is 0 Å². The quantitative estimate of drug-likeness (QED) is 0.717. The fourth-order valence-corrected chi connectivity index (χ4v) is 1.85. The van der Waals surface area contributed by atoms with Crippen molar-refractivity contribution in [2.75, 3.05) is 20.7 Å². The molecular formula is C16H20N2O4. The van der Waals surface area contributed by atoms with Crippen LogP contribution in [-0.2, 0) is 14.3 Å². The number of likely N-dealkylation sites (N-methyl/N-ethyl adjacent to an activating group) is 1. The molecule has 0 aliphatic carbocycles. The first kappa shape index (κ1) is 17.5. The molecule has 0 spiro atoms. The molecule has 1 unspecified atom stereocenters. The minimum atomic E-state index is -0.643. The molecule has 0 saturated carbocycles. The normalized spacial score (nSPS) is 11.2. The molecule has 0 N–H and O–H groups in total. The van der Waals surface area contributed by atoms with Gasteiger partial charge in [-0.05, 0) is 37.6 Å². The van der Waals surface area contributed by atoms with Gasteiger partial charge in [-0.3, -0.25) is 9.59 Å². The van der Waals surface area contributed by atoms with Gasteiger partial charge in [0.05, 0.1) is 18.7 Å². The summed E-state index contributed by atoms with van der Waals surface area (Å²) >= 11 is 0. The Morgan fingerprint density at radius 3 is 2.50 bits per heavy atom. The van der Waals surface area contributed by atoms with Crippen LogP contribution in [0.5, 0.6) is 5.75 Å². The van der Waals surface area contributed by atoms with Crippen molar-refractivity contribution < 1.29 is 19.1 Å². The second-order valence-electron chi connectivity index (χ2n) is 4.84. The van der Waals surface area contributed by atoms with Crippen molar-refractivity contribution in [3.8, 4) is 11.8 Å². The van der Waals surface area contributed by atoms with Crippen LogP contribution in [0.4, 0.5) is 0 Å². The Morgan fingerprint density at radius 1 is 1.32 bits per heavy atom. The number of esters is 1. The molecule has 0 radical (unpaired) electrons. The van der Waals surface area contributed by atoms with Gasteiger partial charge in [0.25, 0.3) is 5.91 Å². The minimum absolute atomic E-state index is 0.172. The molecule has 1 atom stereocenters. The lowest BCUT2D eigenvalue weighted by atomic mass is 10.2. The maximum atomic E-state index is 12.1. The van der Waals surface area contributed by atoms with Crippen LogP contribution in [0.3, 0.4) is 0 Å². The summed E-state index contributed by atoms with van der Waals surface area (Å²) in [6.45, 7) is 2.12. The SMILES string of the molecule is COC(=O)CCCN(C)C(=O)C(C)Oc1ccc(C#N)cc1. The van der Waals surface area contributed by atoms with Gasteiger partial charge in [-0.25, -0.2) is 0 Å². The topological polar surface area (TPSA) is 79.6 Å². The lowest BCUT2D eigenvalue weighted by Crippen LogP contribution is -2.38. The molecule has 0 bridgehead atoms. The summed E-state index contributed by atoms with van der Waals surface area (Å²) in [5.41, 5.74) is 0.534. The van der Waals surface area contributed by atoms with E-state index in [1.165, 1.54) is 12.0 Å². The fourth-order valence-electron chi connectivity index (χ4n) is 1.85. The predicted molar refractivity (Wildman–Crippen MR) is 80.1 cm³/mol. The number of nitriles is 1. The molecule has 22 heavy (non-hydrogen) atoms. The molecule has 1 rings (SSSR count). The summed E-state index contributed by atoms with van der Waals surface area (Å²) < 4.78 is 10.1. The van der Waals surface area contributed by atoms with Crippen molar-refractivity contribution in [1.29, 1.82) is 5.26 Å². The van der Waals surface area contributed by atoms with Gasteiger partial charge >= 0.3 is 5.97 Å². The van der Waals surface area contributed by atoms with Crippen LogP contribution in [-0.4, -0.2) is 43.6 Å². The average molecular weight is 304 g/mol. The molecule has 1 aromatic carbocycles. The predicted octanol–water partition coefficient (Wildman–Crippen LogP) is 1.74. The molecule has 1 amide bonds. The average Bonchev–Trinajstić information content (AvgIpc) is 2.54. The maximum absolute atomic E-state index is 12.1. The van der Waals surface area contributed by atoms with E-state index in [1.54, 1.807) is 38.2 Å². The number of hydrogen-bond donors (Lipinski definition) is 0. The van der Waals surface area contributed by atoms with Gasteiger partial charge in [-0.15, -0.1) is 0 Å². The van der Waals surface area contributed by atoms with E-state index in [4.69, 9.17) is 10.00 Å². The third-order valence-corrected chi connectivity index (χ3v) is 3.12. The zero-order valence-electron chi connectivity index (χ0n) is 13.0. The highest BCUT2D eigenvalue weighted by atomic mass is 16.5. The third kappa shape index (κ3) is 5.44. The van der Waals surface area contributed by atoms with Crippen molar-refractivity contribution in [3.05, 3.63) is 29.8 Å². The largest absolute Gasteiger partial charge is 0.481 e. The van der Waals surface area contributed by atoms with E-state index in [0.29, 0.717) is 24.3 Å². The van der Waals surface area contributed by atoms with E-state index >= 15 is 0 Å². The number of benzene rings is 1. The highest BCUT2D eigenvalue weighted by Crippen LogP contribution is 2.14. The summed E-state index contributed by atoms with van der Waals surface area (Å²) in [6.07, 6.45) is 0.174. The minimum Gasteiger partial charge on any atom is -0.481 e. The molecule has 0 aliphatic rings. The van der Waals surface area contributed by atoms with Crippen molar-refractivity contribution in [2.45, 2.75) is 25.9 Å². The lowest BCUT2D eigenvalue weighted by Gasteiger charge is -2.22. The van der Waals surface area contributed by atoms with E-state index in [9.17, 15) is 9.59 Å². The number of amides is 1. The fraction of sp³-hybridized carbons (Fsp3) is 0.438. The van der Waals surface area contributed by atoms with E-state index in [-0.39, 0.29) is 18.3 Å². The first-order valence-electron chi connectivity index (χ1n) is 6.96. The van der Waals surface area contributed by atoms with Crippen LogP contribution < -0.4 is 4.74 Å². The van der Waals surface area contributed by atoms with E-state index in [1.807, 2.05) is 6.07 Å². The van der Waals surface area contributed by atoms with E-state index in [0.717, 1.165) is 0 Å². The van der Waals surface area contributed by atoms with Crippen LogP contribution in [0.1, 0.15) is 25.3 Å². The maximum Gasteiger partial charge on any atom is 0.305 e. The second kappa shape index (κ2) is 8.67. The first-order chi connectivity index (χ1) is 10.5. The number of carbonyl (C=O) groups excluding carboxylic acids is 2.